The predicted octanol–water partition coefficient (Wildman–Crippen LogP) is 2.93. The van der Waals surface area contributed by atoms with E-state index in [2.05, 4.69) is 10.3 Å². The van der Waals surface area contributed by atoms with Crippen LogP contribution < -0.4 is 11.1 Å². The molecule has 24 heavy (non-hydrogen) atoms. The van der Waals surface area contributed by atoms with E-state index < -0.39 is 11.7 Å². The Morgan fingerprint density at radius 2 is 2.04 bits per heavy atom. The van der Waals surface area contributed by atoms with Gasteiger partial charge in [-0.05, 0) is 24.3 Å². The maximum atomic E-state index is 13.0. The molecule has 0 fully saturated rings. The average Bonchev–Trinajstić information content (AvgIpc) is 2.55. The molecule has 1 amide bonds. The second kappa shape index (κ2) is 7.64. The van der Waals surface area contributed by atoms with Gasteiger partial charge in [0.05, 0.1) is 27.6 Å². The van der Waals surface area contributed by atoms with Crippen molar-refractivity contribution in [2.45, 2.75) is 5.03 Å². The molecule has 1 aromatic heterocycles. The van der Waals surface area contributed by atoms with Gasteiger partial charge in [0.2, 0.25) is 5.91 Å². The second-order valence-electron chi connectivity index (χ2n) is 4.46. The number of hydrogen-bond donors (Lipinski definition) is 2. The van der Waals surface area contributed by atoms with Crippen molar-refractivity contribution in [1.82, 2.24) is 4.98 Å². The zero-order chi connectivity index (χ0) is 17.7. The minimum absolute atomic E-state index is 0.0130. The Bertz CT molecular complexity index is 891. The molecule has 3 N–H and O–H groups in total. The summed E-state index contributed by atoms with van der Waals surface area (Å²) in [6.45, 7) is 0. The van der Waals surface area contributed by atoms with Crippen molar-refractivity contribution in [3.63, 3.8) is 0 Å². The number of halogens is 2. The summed E-state index contributed by atoms with van der Waals surface area (Å²) in [5, 5.41) is 20.8. The summed E-state index contributed by atoms with van der Waals surface area (Å²) in [5.74, 6) is -1.01. The second-order valence-corrected chi connectivity index (χ2v) is 5.83. The number of nitrogens with two attached hydrogens (primary N) is 1. The van der Waals surface area contributed by atoms with Crippen molar-refractivity contribution in [3.8, 4) is 12.1 Å². The Hall–Kier alpha value is -2.81. The van der Waals surface area contributed by atoms with Gasteiger partial charge in [0.25, 0.3) is 0 Å². The third-order valence-corrected chi connectivity index (χ3v) is 4.11. The van der Waals surface area contributed by atoms with Gasteiger partial charge < -0.3 is 11.1 Å². The number of thioether (sulfide) groups is 1. The normalized spacial score (nSPS) is 9.83. The number of carbonyl (C=O) groups is 1. The molecule has 120 valence electrons. The van der Waals surface area contributed by atoms with E-state index >= 15 is 0 Å². The molecule has 0 aliphatic rings. The number of anilines is 2. The van der Waals surface area contributed by atoms with Crippen LogP contribution in [0.15, 0.2) is 29.3 Å². The summed E-state index contributed by atoms with van der Waals surface area (Å²) < 4.78 is 13.0. The molecule has 0 saturated carbocycles. The highest BCUT2D eigenvalue weighted by Gasteiger charge is 2.13. The number of amides is 1. The van der Waals surface area contributed by atoms with Gasteiger partial charge >= 0.3 is 0 Å². The monoisotopic (exact) mass is 361 g/mol. The van der Waals surface area contributed by atoms with Crippen molar-refractivity contribution < 1.29 is 9.18 Å². The number of benzene rings is 1. The van der Waals surface area contributed by atoms with Crippen LogP contribution in [0.3, 0.4) is 0 Å². The van der Waals surface area contributed by atoms with Gasteiger partial charge in [-0.15, -0.1) is 0 Å². The van der Waals surface area contributed by atoms with Crippen LogP contribution in [0.4, 0.5) is 15.9 Å². The van der Waals surface area contributed by atoms with E-state index in [-0.39, 0.29) is 38.4 Å². The maximum Gasteiger partial charge on any atom is 0.234 e. The molecule has 1 aromatic carbocycles. The SMILES string of the molecule is N#Cc1cc(C#N)c(SCC(=O)Nc2ccc(F)cc2Cl)nc1N. The van der Waals surface area contributed by atoms with Gasteiger partial charge in [0.15, 0.2) is 0 Å². The number of hydrogen-bond acceptors (Lipinski definition) is 6. The zero-order valence-electron chi connectivity index (χ0n) is 12.0. The number of nitrogens with one attached hydrogen (secondary N) is 1. The van der Waals surface area contributed by atoms with Gasteiger partial charge in [0.1, 0.15) is 28.8 Å². The fourth-order valence-corrected chi connectivity index (χ4v) is 2.68. The number of pyridine rings is 1. The van der Waals surface area contributed by atoms with Gasteiger partial charge in [-0.1, -0.05) is 23.4 Å². The summed E-state index contributed by atoms with van der Waals surface area (Å²) >= 11 is 6.82. The zero-order valence-corrected chi connectivity index (χ0v) is 13.6. The van der Waals surface area contributed by atoms with Crippen LogP contribution in [0.25, 0.3) is 0 Å². The Morgan fingerprint density at radius 3 is 2.67 bits per heavy atom. The number of rotatable bonds is 4. The van der Waals surface area contributed by atoms with Crippen LogP contribution in [-0.4, -0.2) is 16.6 Å². The lowest BCUT2D eigenvalue weighted by atomic mass is 10.2. The van der Waals surface area contributed by atoms with Gasteiger partial charge in [0, 0.05) is 0 Å². The summed E-state index contributed by atoms with van der Waals surface area (Å²) in [6.07, 6.45) is 0. The van der Waals surface area contributed by atoms with E-state index in [1.165, 1.54) is 18.2 Å². The molecule has 0 radical (unpaired) electrons. The van der Waals surface area contributed by atoms with E-state index in [0.29, 0.717) is 0 Å². The molecule has 2 aromatic rings. The quantitative estimate of drug-likeness (QED) is 0.809. The highest BCUT2D eigenvalue weighted by atomic mass is 35.5. The van der Waals surface area contributed by atoms with Crippen molar-refractivity contribution in [1.29, 1.82) is 10.5 Å². The third-order valence-electron chi connectivity index (χ3n) is 2.80. The lowest BCUT2D eigenvalue weighted by Crippen LogP contribution is -2.14. The molecule has 0 spiro atoms. The number of carbonyl (C=O) groups excluding carboxylic acids is 1. The van der Waals surface area contributed by atoms with Crippen molar-refractivity contribution >= 4 is 40.8 Å². The minimum Gasteiger partial charge on any atom is -0.383 e. The van der Waals surface area contributed by atoms with Crippen LogP contribution in [0.1, 0.15) is 11.1 Å². The van der Waals surface area contributed by atoms with E-state index in [1.807, 2.05) is 12.1 Å². The van der Waals surface area contributed by atoms with E-state index in [0.717, 1.165) is 17.8 Å². The number of nitrogens with zero attached hydrogens (tertiary/aromatic N) is 3. The van der Waals surface area contributed by atoms with Crippen molar-refractivity contribution in [2.24, 2.45) is 0 Å². The first-order chi connectivity index (χ1) is 11.4. The Labute approximate surface area is 146 Å². The number of nitrogen functional groups attached to an aromatic ring is 1. The molecule has 0 aliphatic carbocycles. The molecule has 1 heterocycles. The predicted molar refractivity (Wildman–Crippen MR) is 88.8 cm³/mol. The third kappa shape index (κ3) is 4.13. The lowest BCUT2D eigenvalue weighted by molar-refractivity contribution is -0.113. The van der Waals surface area contributed by atoms with Crippen LogP contribution in [0, 0.1) is 28.5 Å². The van der Waals surface area contributed by atoms with Gasteiger partial charge in [-0.25, -0.2) is 9.37 Å². The van der Waals surface area contributed by atoms with Gasteiger partial charge in [-0.2, -0.15) is 10.5 Å². The van der Waals surface area contributed by atoms with Crippen LogP contribution >= 0.6 is 23.4 Å². The first-order valence-corrected chi connectivity index (χ1v) is 7.79. The van der Waals surface area contributed by atoms with Crippen LogP contribution in [0.5, 0.6) is 0 Å². The Balaban J connectivity index is 2.08. The first kappa shape index (κ1) is 17.5. The number of nitriles is 2. The van der Waals surface area contributed by atoms with Crippen molar-refractivity contribution in [3.05, 3.63) is 46.2 Å². The van der Waals surface area contributed by atoms with E-state index in [4.69, 9.17) is 27.9 Å². The summed E-state index contributed by atoms with van der Waals surface area (Å²) in [5.41, 5.74) is 6.13. The van der Waals surface area contributed by atoms with Gasteiger partial charge in [-0.3, -0.25) is 4.79 Å². The maximum absolute atomic E-state index is 13.0. The largest absolute Gasteiger partial charge is 0.383 e. The standard InChI is InChI=1S/C15H9ClFN5OS/c16-11-4-10(17)1-2-12(11)21-13(23)7-24-15-9(6-19)3-8(5-18)14(20)22-15/h1-4H,7H2,(H2,20,22)(H,21,23). The average molecular weight is 362 g/mol. The lowest BCUT2D eigenvalue weighted by Gasteiger charge is -2.08. The molecular formula is C15H9ClFN5OS. The molecule has 9 heteroatoms. The molecule has 6 nitrogen and oxygen atoms in total. The van der Waals surface area contributed by atoms with Crippen LogP contribution in [-0.2, 0) is 4.79 Å². The summed E-state index contributed by atoms with van der Waals surface area (Å²) in [7, 11) is 0. The minimum atomic E-state index is -0.511. The molecule has 0 bridgehead atoms. The van der Waals surface area contributed by atoms with E-state index in [1.54, 1.807) is 0 Å². The molecule has 0 unspecified atom stereocenters. The fourth-order valence-electron chi connectivity index (χ4n) is 1.70. The molecule has 0 aliphatic heterocycles. The van der Waals surface area contributed by atoms with E-state index in [9.17, 15) is 9.18 Å². The highest BCUT2D eigenvalue weighted by molar-refractivity contribution is 8.00. The molecule has 2 rings (SSSR count). The first-order valence-electron chi connectivity index (χ1n) is 6.43. The summed E-state index contributed by atoms with van der Waals surface area (Å²) in [4.78, 5) is 15.9. The highest BCUT2D eigenvalue weighted by Crippen LogP contribution is 2.25. The fraction of sp³-hybridized carbons (Fsp3) is 0.0667. The molecule has 0 saturated heterocycles. The topological polar surface area (TPSA) is 116 Å². The Kier molecular flexibility index (Phi) is 5.59. The smallest absolute Gasteiger partial charge is 0.234 e. The van der Waals surface area contributed by atoms with Crippen molar-refractivity contribution in [2.75, 3.05) is 16.8 Å². The molecular weight excluding hydrogens is 353 g/mol. The summed E-state index contributed by atoms with van der Waals surface area (Å²) in [6, 6.07) is 8.66. The molecule has 0 atom stereocenters. The Morgan fingerprint density at radius 1 is 1.33 bits per heavy atom. The van der Waals surface area contributed by atoms with Crippen LogP contribution in [0.2, 0.25) is 5.02 Å². The number of aromatic nitrogens is 1.